The first-order chi connectivity index (χ1) is 11.6. The largest absolute Gasteiger partial charge is 0.324 e. The van der Waals surface area contributed by atoms with Crippen LogP contribution in [0, 0.1) is 5.82 Å². The Kier molecular flexibility index (Phi) is 6.16. The molecule has 0 atom stereocenters. The molecule has 10 heteroatoms. The molecular weight excluding hydrogens is 414 g/mol. The highest BCUT2D eigenvalue weighted by Gasteiger charge is 2.23. The Morgan fingerprint density at radius 1 is 1.12 bits per heavy atom. The number of carbonyl (C=O) groups is 1. The highest BCUT2D eigenvalue weighted by molar-refractivity contribution is 7.92. The maximum Gasteiger partial charge on any atom is 0.245 e. The van der Waals surface area contributed by atoms with Gasteiger partial charge >= 0.3 is 0 Å². The zero-order chi connectivity index (χ0) is 18.8. The van der Waals surface area contributed by atoms with E-state index < -0.39 is 28.3 Å². The molecule has 2 aromatic rings. The van der Waals surface area contributed by atoms with E-state index in [-0.39, 0.29) is 21.4 Å². The molecule has 0 saturated heterocycles. The van der Waals surface area contributed by atoms with Gasteiger partial charge < -0.3 is 5.32 Å². The van der Waals surface area contributed by atoms with Gasteiger partial charge in [-0.25, -0.2) is 12.8 Å². The van der Waals surface area contributed by atoms with Crippen molar-refractivity contribution in [1.82, 2.24) is 0 Å². The van der Waals surface area contributed by atoms with Gasteiger partial charge in [-0.1, -0.05) is 34.8 Å². The van der Waals surface area contributed by atoms with E-state index in [2.05, 4.69) is 5.32 Å². The predicted octanol–water partition coefficient (Wildman–Crippen LogP) is 4.19. The average Bonchev–Trinajstić information content (AvgIpc) is 2.48. The number of nitrogens with zero attached hydrogens (tertiary/aromatic N) is 1. The molecule has 0 heterocycles. The van der Waals surface area contributed by atoms with Crippen LogP contribution in [-0.4, -0.2) is 27.1 Å². The molecule has 0 aromatic heterocycles. The monoisotopic (exact) mass is 424 g/mol. The molecule has 0 aliphatic carbocycles. The van der Waals surface area contributed by atoms with Gasteiger partial charge in [0.1, 0.15) is 12.4 Å². The molecule has 0 unspecified atom stereocenters. The number of nitrogens with one attached hydrogen (secondary N) is 1. The van der Waals surface area contributed by atoms with Crippen LogP contribution in [-0.2, 0) is 14.8 Å². The summed E-state index contributed by atoms with van der Waals surface area (Å²) in [6, 6.07) is 7.83. The second-order valence-corrected chi connectivity index (χ2v) is 8.20. The molecular formula is C15H12Cl3FN2O3S. The standard InChI is InChI=1S/C15H12Cl3FN2O3S/c1-25(23,24)21(14-5-2-9(16)6-12(14)18)8-15(22)20-10-3-4-13(19)11(17)7-10/h2-7H,8H2,1H3,(H,20,22). The molecule has 0 aliphatic rings. The van der Waals surface area contributed by atoms with Crippen molar-refractivity contribution >= 4 is 62.1 Å². The summed E-state index contributed by atoms with van der Waals surface area (Å²) in [5, 5.41) is 2.69. The summed E-state index contributed by atoms with van der Waals surface area (Å²) < 4.78 is 38.1. The van der Waals surface area contributed by atoms with Crippen LogP contribution in [0.15, 0.2) is 36.4 Å². The summed E-state index contributed by atoms with van der Waals surface area (Å²) in [5.41, 5.74) is 0.341. The Balaban J connectivity index is 2.25. The Labute approximate surface area is 159 Å². The molecule has 1 amide bonds. The van der Waals surface area contributed by atoms with E-state index in [1.807, 2.05) is 0 Å². The quantitative estimate of drug-likeness (QED) is 0.781. The van der Waals surface area contributed by atoms with E-state index in [1.165, 1.54) is 30.3 Å². The van der Waals surface area contributed by atoms with Crippen molar-refractivity contribution < 1.29 is 17.6 Å². The number of hydrogen-bond donors (Lipinski definition) is 1. The normalized spacial score (nSPS) is 11.2. The topological polar surface area (TPSA) is 66.5 Å². The highest BCUT2D eigenvalue weighted by Crippen LogP contribution is 2.30. The lowest BCUT2D eigenvalue weighted by Crippen LogP contribution is -2.37. The van der Waals surface area contributed by atoms with Gasteiger partial charge in [0.2, 0.25) is 15.9 Å². The van der Waals surface area contributed by atoms with E-state index in [1.54, 1.807) is 0 Å². The molecule has 2 aromatic carbocycles. The first-order valence-electron chi connectivity index (χ1n) is 6.75. The number of anilines is 2. The number of sulfonamides is 1. The molecule has 0 aliphatic heterocycles. The van der Waals surface area contributed by atoms with E-state index in [0.29, 0.717) is 5.02 Å². The van der Waals surface area contributed by atoms with Crippen LogP contribution >= 0.6 is 34.8 Å². The number of benzene rings is 2. The second-order valence-electron chi connectivity index (χ2n) is 5.04. The molecule has 0 radical (unpaired) electrons. The molecule has 1 N–H and O–H groups in total. The maximum absolute atomic E-state index is 13.1. The lowest BCUT2D eigenvalue weighted by Gasteiger charge is -2.23. The number of halogens is 4. The van der Waals surface area contributed by atoms with E-state index in [9.17, 15) is 17.6 Å². The lowest BCUT2D eigenvalue weighted by atomic mass is 10.3. The van der Waals surface area contributed by atoms with Crippen LogP contribution in [0.1, 0.15) is 0 Å². The summed E-state index contributed by atoms with van der Waals surface area (Å²) in [6.07, 6.45) is 0.944. The van der Waals surface area contributed by atoms with E-state index in [4.69, 9.17) is 34.8 Å². The van der Waals surface area contributed by atoms with Crippen molar-refractivity contribution in [3.8, 4) is 0 Å². The molecule has 5 nitrogen and oxygen atoms in total. The molecule has 134 valence electrons. The summed E-state index contributed by atoms with van der Waals surface area (Å²) in [6.45, 7) is -0.533. The number of carbonyl (C=O) groups excluding carboxylic acids is 1. The Morgan fingerprint density at radius 2 is 1.80 bits per heavy atom. The van der Waals surface area contributed by atoms with Gasteiger partial charge in [0.05, 0.1) is 22.0 Å². The third kappa shape index (κ3) is 5.22. The van der Waals surface area contributed by atoms with Crippen LogP contribution < -0.4 is 9.62 Å². The smallest absolute Gasteiger partial charge is 0.245 e. The Morgan fingerprint density at radius 3 is 2.36 bits per heavy atom. The maximum atomic E-state index is 13.1. The second kappa shape index (κ2) is 7.78. The van der Waals surface area contributed by atoms with Crippen LogP contribution in [0.2, 0.25) is 15.1 Å². The average molecular weight is 426 g/mol. The molecule has 0 bridgehead atoms. The van der Waals surface area contributed by atoms with E-state index >= 15 is 0 Å². The minimum Gasteiger partial charge on any atom is -0.324 e. The zero-order valence-corrected chi connectivity index (χ0v) is 15.8. The van der Waals surface area contributed by atoms with Crippen LogP contribution in [0.3, 0.4) is 0 Å². The fourth-order valence-electron chi connectivity index (χ4n) is 1.97. The van der Waals surface area contributed by atoms with Crippen molar-refractivity contribution in [2.45, 2.75) is 0 Å². The van der Waals surface area contributed by atoms with E-state index in [0.717, 1.165) is 16.6 Å². The van der Waals surface area contributed by atoms with Crippen molar-refractivity contribution in [3.63, 3.8) is 0 Å². The van der Waals surface area contributed by atoms with Gasteiger partial charge in [-0.2, -0.15) is 0 Å². The third-order valence-corrected chi connectivity index (χ3v) is 5.02. The first kappa shape index (κ1) is 19.8. The fraction of sp³-hybridized carbons (Fsp3) is 0.133. The molecule has 0 spiro atoms. The predicted molar refractivity (Wildman–Crippen MR) is 98.7 cm³/mol. The number of hydrogen-bond acceptors (Lipinski definition) is 3. The van der Waals surface area contributed by atoms with Crippen LogP contribution in [0.25, 0.3) is 0 Å². The summed E-state index contributed by atoms with van der Waals surface area (Å²) >= 11 is 17.5. The summed E-state index contributed by atoms with van der Waals surface area (Å²) in [7, 11) is -3.80. The molecule has 2 rings (SSSR count). The van der Waals surface area contributed by atoms with Gasteiger partial charge in [0, 0.05) is 10.7 Å². The Hall–Kier alpha value is -1.54. The van der Waals surface area contributed by atoms with Crippen molar-refractivity contribution in [1.29, 1.82) is 0 Å². The minimum absolute atomic E-state index is 0.0792. The van der Waals surface area contributed by atoms with Crippen molar-refractivity contribution in [3.05, 3.63) is 57.3 Å². The molecule has 0 saturated carbocycles. The van der Waals surface area contributed by atoms with Gasteiger partial charge in [0.25, 0.3) is 0 Å². The third-order valence-electron chi connectivity index (χ3n) is 3.07. The van der Waals surface area contributed by atoms with Crippen LogP contribution in [0.5, 0.6) is 0 Å². The van der Waals surface area contributed by atoms with Crippen molar-refractivity contribution in [2.75, 3.05) is 22.4 Å². The minimum atomic E-state index is -3.80. The first-order valence-corrected chi connectivity index (χ1v) is 9.74. The van der Waals surface area contributed by atoms with Crippen LogP contribution in [0.4, 0.5) is 15.8 Å². The zero-order valence-electron chi connectivity index (χ0n) is 12.8. The van der Waals surface area contributed by atoms with Gasteiger partial charge in [-0.3, -0.25) is 9.10 Å². The summed E-state index contributed by atoms with van der Waals surface area (Å²) in [5.74, 6) is -1.29. The highest BCUT2D eigenvalue weighted by atomic mass is 35.5. The molecule has 0 fully saturated rings. The van der Waals surface area contributed by atoms with Gasteiger partial charge in [-0.05, 0) is 36.4 Å². The lowest BCUT2D eigenvalue weighted by molar-refractivity contribution is -0.114. The molecule has 25 heavy (non-hydrogen) atoms. The Bertz CT molecular complexity index is 922. The SMILES string of the molecule is CS(=O)(=O)N(CC(=O)Nc1ccc(F)c(Cl)c1)c1ccc(Cl)cc1Cl. The van der Waals surface area contributed by atoms with Crippen molar-refractivity contribution in [2.24, 2.45) is 0 Å². The number of amides is 1. The van der Waals surface area contributed by atoms with Gasteiger partial charge in [-0.15, -0.1) is 0 Å². The number of rotatable bonds is 5. The summed E-state index contributed by atoms with van der Waals surface area (Å²) in [4.78, 5) is 12.2. The van der Waals surface area contributed by atoms with Gasteiger partial charge in [0.15, 0.2) is 0 Å². The fourth-order valence-corrected chi connectivity index (χ4v) is 3.58.